The number of amides is 1. The maximum absolute atomic E-state index is 12.0. The summed E-state index contributed by atoms with van der Waals surface area (Å²) in [7, 11) is 0. The molecule has 0 spiro atoms. The first-order chi connectivity index (χ1) is 10.6. The third-order valence-corrected chi connectivity index (χ3v) is 4.32. The van der Waals surface area contributed by atoms with Gasteiger partial charge in [-0.3, -0.25) is 4.79 Å². The van der Waals surface area contributed by atoms with Crippen molar-refractivity contribution in [2.75, 3.05) is 6.54 Å². The van der Waals surface area contributed by atoms with Gasteiger partial charge in [0.1, 0.15) is 5.58 Å². The number of hydrogen-bond donors (Lipinski definition) is 2. The molecule has 1 aliphatic carbocycles. The Morgan fingerprint density at radius 3 is 2.77 bits per heavy atom. The molecule has 1 heterocycles. The van der Waals surface area contributed by atoms with Crippen molar-refractivity contribution in [3.63, 3.8) is 0 Å². The highest BCUT2D eigenvalue weighted by molar-refractivity contribution is 5.94. The zero-order valence-electron chi connectivity index (χ0n) is 12.3. The van der Waals surface area contributed by atoms with Crippen LogP contribution in [0, 0.1) is 5.92 Å². The van der Waals surface area contributed by atoms with Crippen molar-refractivity contribution in [1.82, 2.24) is 5.32 Å². The Labute approximate surface area is 128 Å². The van der Waals surface area contributed by atoms with E-state index < -0.39 is 5.97 Å². The quantitative estimate of drug-likeness (QED) is 0.889. The van der Waals surface area contributed by atoms with Crippen LogP contribution >= 0.6 is 0 Å². The minimum Gasteiger partial charge on any atom is -0.478 e. The maximum atomic E-state index is 12.0. The van der Waals surface area contributed by atoms with E-state index in [0.717, 1.165) is 36.6 Å². The fourth-order valence-corrected chi connectivity index (χ4v) is 3.06. The second kappa shape index (κ2) is 6.22. The number of rotatable bonds is 5. The first kappa shape index (κ1) is 14.6. The zero-order valence-corrected chi connectivity index (χ0v) is 12.3. The number of nitrogens with one attached hydrogen (secondary N) is 1. The third kappa shape index (κ3) is 2.98. The number of aromatic carboxylic acids is 1. The van der Waals surface area contributed by atoms with Gasteiger partial charge in [0.25, 0.3) is 0 Å². The SMILES string of the molecule is O=C(O)c1ccc2occ(CCNC(=O)C3CCCC3)c2c1. The van der Waals surface area contributed by atoms with Crippen LogP contribution in [0.15, 0.2) is 28.9 Å². The van der Waals surface area contributed by atoms with Gasteiger partial charge in [-0.15, -0.1) is 0 Å². The van der Waals surface area contributed by atoms with Crippen molar-refractivity contribution < 1.29 is 19.1 Å². The third-order valence-electron chi connectivity index (χ3n) is 4.32. The lowest BCUT2D eigenvalue weighted by Crippen LogP contribution is -2.30. The first-order valence-corrected chi connectivity index (χ1v) is 7.66. The average molecular weight is 301 g/mol. The molecule has 1 aromatic carbocycles. The number of hydrogen-bond acceptors (Lipinski definition) is 3. The highest BCUT2D eigenvalue weighted by Crippen LogP contribution is 2.25. The van der Waals surface area contributed by atoms with Gasteiger partial charge in [-0.25, -0.2) is 4.79 Å². The van der Waals surface area contributed by atoms with Gasteiger partial charge in [0.05, 0.1) is 11.8 Å². The maximum Gasteiger partial charge on any atom is 0.335 e. The fourth-order valence-electron chi connectivity index (χ4n) is 3.06. The van der Waals surface area contributed by atoms with Gasteiger partial charge in [-0.2, -0.15) is 0 Å². The fraction of sp³-hybridized carbons (Fsp3) is 0.412. The summed E-state index contributed by atoms with van der Waals surface area (Å²) in [6, 6.07) is 4.81. The predicted octanol–water partition coefficient (Wildman–Crippen LogP) is 2.98. The number of carboxylic acid groups (broad SMARTS) is 1. The van der Waals surface area contributed by atoms with E-state index in [2.05, 4.69) is 5.32 Å². The molecule has 5 nitrogen and oxygen atoms in total. The Balaban J connectivity index is 1.64. The zero-order chi connectivity index (χ0) is 15.5. The minimum atomic E-state index is -0.955. The lowest BCUT2D eigenvalue weighted by atomic mass is 10.1. The molecule has 1 fully saturated rings. The van der Waals surface area contributed by atoms with Crippen LogP contribution in [-0.4, -0.2) is 23.5 Å². The summed E-state index contributed by atoms with van der Waals surface area (Å²) in [6.45, 7) is 0.543. The second-order valence-corrected chi connectivity index (χ2v) is 5.80. The summed E-state index contributed by atoms with van der Waals surface area (Å²) in [5.74, 6) is -0.653. The molecule has 3 rings (SSSR count). The van der Waals surface area contributed by atoms with Gasteiger partial charge in [0, 0.05) is 17.8 Å². The van der Waals surface area contributed by atoms with Gasteiger partial charge in [-0.05, 0) is 43.0 Å². The summed E-state index contributed by atoms with van der Waals surface area (Å²) < 4.78 is 5.44. The summed E-state index contributed by atoms with van der Waals surface area (Å²) in [4.78, 5) is 23.0. The Hall–Kier alpha value is -2.30. The molecule has 1 amide bonds. The highest BCUT2D eigenvalue weighted by Gasteiger charge is 2.22. The van der Waals surface area contributed by atoms with Crippen LogP contribution in [0.3, 0.4) is 0 Å². The van der Waals surface area contributed by atoms with Crippen LogP contribution < -0.4 is 5.32 Å². The number of carbonyl (C=O) groups is 2. The molecule has 0 radical (unpaired) electrons. The van der Waals surface area contributed by atoms with Crippen molar-refractivity contribution >= 4 is 22.8 Å². The van der Waals surface area contributed by atoms with Gasteiger partial charge >= 0.3 is 5.97 Å². The molecule has 1 saturated carbocycles. The lowest BCUT2D eigenvalue weighted by Gasteiger charge is -2.09. The largest absolute Gasteiger partial charge is 0.478 e. The monoisotopic (exact) mass is 301 g/mol. The van der Waals surface area contributed by atoms with Crippen molar-refractivity contribution in [1.29, 1.82) is 0 Å². The molecule has 1 aromatic heterocycles. The van der Waals surface area contributed by atoms with Crippen LogP contribution in [0.25, 0.3) is 11.0 Å². The second-order valence-electron chi connectivity index (χ2n) is 5.80. The minimum absolute atomic E-state index is 0.136. The van der Waals surface area contributed by atoms with E-state index in [1.807, 2.05) is 0 Å². The first-order valence-electron chi connectivity index (χ1n) is 7.66. The topological polar surface area (TPSA) is 79.5 Å². The molecule has 1 aliphatic rings. The number of fused-ring (bicyclic) bond motifs is 1. The number of benzene rings is 1. The summed E-state index contributed by atoms with van der Waals surface area (Å²) in [6.07, 6.45) is 6.53. The Morgan fingerprint density at radius 2 is 2.05 bits per heavy atom. The normalized spacial score (nSPS) is 15.3. The molecular formula is C17H19NO4. The average Bonchev–Trinajstić information content (AvgIpc) is 3.16. The lowest BCUT2D eigenvalue weighted by molar-refractivity contribution is -0.124. The molecule has 116 valence electrons. The molecule has 22 heavy (non-hydrogen) atoms. The summed E-state index contributed by atoms with van der Waals surface area (Å²) in [5, 5.41) is 12.8. The number of furan rings is 1. The van der Waals surface area contributed by atoms with Crippen LogP contribution in [0.4, 0.5) is 0 Å². The van der Waals surface area contributed by atoms with E-state index >= 15 is 0 Å². The number of carboxylic acids is 1. The van der Waals surface area contributed by atoms with Gasteiger partial charge in [0.2, 0.25) is 5.91 Å². The molecule has 2 N–H and O–H groups in total. The van der Waals surface area contributed by atoms with Crippen LogP contribution in [0.2, 0.25) is 0 Å². The van der Waals surface area contributed by atoms with E-state index in [0.29, 0.717) is 18.5 Å². The van der Waals surface area contributed by atoms with Crippen LogP contribution in [0.5, 0.6) is 0 Å². The summed E-state index contributed by atoms with van der Waals surface area (Å²) in [5.41, 5.74) is 1.83. The molecule has 0 aliphatic heterocycles. The highest BCUT2D eigenvalue weighted by atomic mass is 16.4. The van der Waals surface area contributed by atoms with E-state index in [-0.39, 0.29) is 17.4 Å². The molecule has 0 atom stereocenters. The Morgan fingerprint density at radius 1 is 1.27 bits per heavy atom. The van der Waals surface area contributed by atoms with Crippen molar-refractivity contribution in [2.24, 2.45) is 5.92 Å². The molecule has 0 unspecified atom stereocenters. The Bertz CT molecular complexity index is 698. The molecule has 0 saturated heterocycles. The summed E-state index contributed by atoms with van der Waals surface area (Å²) >= 11 is 0. The van der Waals surface area contributed by atoms with Gasteiger partial charge in [0.15, 0.2) is 0 Å². The Kier molecular flexibility index (Phi) is 4.13. The van der Waals surface area contributed by atoms with E-state index in [1.54, 1.807) is 18.4 Å². The van der Waals surface area contributed by atoms with Crippen molar-refractivity contribution in [2.45, 2.75) is 32.1 Å². The van der Waals surface area contributed by atoms with Gasteiger partial charge < -0.3 is 14.8 Å². The smallest absolute Gasteiger partial charge is 0.335 e. The van der Waals surface area contributed by atoms with E-state index in [1.165, 1.54) is 6.07 Å². The molecule has 0 bridgehead atoms. The van der Waals surface area contributed by atoms with E-state index in [9.17, 15) is 9.59 Å². The molecule has 2 aromatic rings. The van der Waals surface area contributed by atoms with Crippen molar-refractivity contribution in [3.05, 3.63) is 35.6 Å². The predicted molar refractivity (Wildman–Crippen MR) is 81.8 cm³/mol. The van der Waals surface area contributed by atoms with Crippen LogP contribution in [-0.2, 0) is 11.2 Å². The standard InChI is InChI=1S/C17H19NO4/c19-16(11-3-1-2-4-11)18-8-7-13-10-22-15-6-5-12(17(20)21)9-14(13)15/h5-6,9-11H,1-4,7-8H2,(H,18,19)(H,20,21). The van der Waals surface area contributed by atoms with Crippen LogP contribution in [0.1, 0.15) is 41.6 Å². The van der Waals surface area contributed by atoms with E-state index in [4.69, 9.17) is 9.52 Å². The molecule has 5 heteroatoms. The van der Waals surface area contributed by atoms with Gasteiger partial charge in [-0.1, -0.05) is 12.8 Å². The number of carbonyl (C=O) groups excluding carboxylic acids is 1. The van der Waals surface area contributed by atoms with Crippen molar-refractivity contribution in [3.8, 4) is 0 Å². The molecular weight excluding hydrogens is 282 g/mol.